The summed E-state index contributed by atoms with van der Waals surface area (Å²) in [5.74, 6) is 0. The van der Waals surface area contributed by atoms with Crippen LogP contribution in [0.4, 0.5) is 0 Å². The number of hydrogen-bond acceptors (Lipinski definition) is 1. The average molecular weight is 287 g/mol. The van der Waals surface area contributed by atoms with Gasteiger partial charge in [0, 0.05) is 5.69 Å². The van der Waals surface area contributed by atoms with Crippen LogP contribution in [0.15, 0.2) is 53.3 Å². The Labute approximate surface area is 108 Å². The number of aryl methyl sites for hydroxylation is 1. The monoisotopic (exact) mass is 286 g/mol. The van der Waals surface area contributed by atoms with E-state index in [9.17, 15) is 0 Å². The third-order valence-corrected chi connectivity index (χ3v) is 3.39. The molecule has 84 valence electrons. The molecule has 0 N–H and O–H groups in total. The molecule has 17 heavy (non-hydrogen) atoms. The van der Waals surface area contributed by atoms with E-state index in [-0.39, 0.29) is 0 Å². The molecule has 1 heterocycles. The van der Waals surface area contributed by atoms with Gasteiger partial charge in [0.05, 0.1) is 11.0 Å². The van der Waals surface area contributed by atoms with E-state index in [4.69, 9.17) is 0 Å². The molecule has 0 unspecified atom stereocenters. The van der Waals surface area contributed by atoms with Crippen LogP contribution in [0.1, 0.15) is 5.56 Å². The number of imidazole rings is 1. The third-order valence-electron chi connectivity index (χ3n) is 2.86. The summed E-state index contributed by atoms with van der Waals surface area (Å²) >= 11 is 3.53. The summed E-state index contributed by atoms with van der Waals surface area (Å²) in [6.45, 7) is 2.08. The van der Waals surface area contributed by atoms with Crippen LogP contribution in [-0.4, -0.2) is 9.55 Å². The molecule has 2 aromatic carbocycles. The first-order valence-electron chi connectivity index (χ1n) is 5.46. The predicted molar refractivity (Wildman–Crippen MR) is 73.5 cm³/mol. The van der Waals surface area contributed by atoms with Crippen molar-refractivity contribution in [2.75, 3.05) is 0 Å². The zero-order chi connectivity index (χ0) is 11.8. The van der Waals surface area contributed by atoms with E-state index in [1.54, 1.807) is 0 Å². The van der Waals surface area contributed by atoms with Crippen LogP contribution in [0.3, 0.4) is 0 Å². The van der Waals surface area contributed by atoms with Crippen LogP contribution in [0.5, 0.6) is 0 Å². The Kier molecular flexibility index (Phi) is 2.48. The summed E-state index contributed by atoms with van der Waals surface area (Å²) in [5.41, 5.74) is 4.48. The van der Waals surface area contributed by atoms with Crippen molar-refractivity contribution in [2.45, 2.75) is 6.92 Å². The molecule has 0 spiro atoms. The maximum absolute atomic E-state index is 4.57. The molecule has 0 saturated carbocycles. The number of hydrogen-bond donors (Lipinski definition) is 0. The second-order valence-corrected chi connectivity index (χ2v) is 4.70. The van der Waals surface area contributed by atoms with Crippen molar-refractivity contribution in [3.8, 4) is 5.69 Å². The van der Waals surface area contributed by atoms with Gasteiger partial charge in [-0.25, -0.2) is 4.98 Å². The van der Waals surface area contributed by atoms with Gasteiger partial charge in [0.15, 0.2) is 4.73 Å². The molecule has 0 radical (unpaired) electrons. The molecule has 3 aromatic rings. The Balaban J connectivity index is 2.37. The highest BCUT2D eigenvalue weighted by molar-refractivity contribution is 9.10. The van der Waals surface area contributed by atoms with Gasteiger partial charge < -0.3 is 0 Å². The fraction of sp³-hybridized carbons (Fsp3) is 0.0714. The molecular formula is C14H11BrN2. The van der Waals surface area contributed by atoms with Crippen LogP contribution in [-0.2, 0) is 0 Å². The highest BCUT2D eigenvalue weighted by Gasteiger charge is 2.10. The van der Waals surface area contributed by atoms with E-state index in [1.807, 2.05) is 18.2 Å². The molecule has 0 amide bonds. The minimum Gasteiger partial charge on any atom is -0.287 e. The molecule has 1 aromatic heterocycles. The lowest BCUT2D eigenvalue weighted by Gasteiger charge is -2.05. The van der Waals surface area contributed by atoms with E-state index < -0.39 is 0 Å². The smallest absolute Gasteiger partial charge is 0.182 e. The van der Waals surface area contributed by atoms with E-state index in [2.05, 4.69) is 62.7 Å². The lowest BCUT2D eigenvalue weighted by molar-refractivity contribution is 1.05. The maximum Gasteiger partial charge on any atom is 0.182 e. The normalized spacial score (nSPS) is 10.9. The molecule has 0 saturated heterocycles. The first kappa shape index (κ1) is 10.5. The standard InChI is InChI=1S/C14H11BrN2/c1-10-6-5-9-12-13(10)16-14(15)17(12)11-7-3-2-4-8-11/h2-9H,1H3. The van der Waals surface area contributed by atoms with Gasteiger partial charge in [0.1, 0.15) is 0 Å². The number of para-hydroxylation sites is 2. The average Bonchev–Trinajstić information content (AvgIpc) is 2.68. The van der Waals surface area contributed by atoms with Crippen molar-refractivity contribution in [3.05, 3.63) is 58.8 Å². The van der Waals surface area contributed by atoms with Crippen molar-refractivity contribution >= 4 is 27.0 Å². The number of aromatic nitrogens is 2. The summed E-state index contributed by atoms with van der Waals surface area (Å²) in [7, 11) is 0. The predicted octanol–water partition coefficient (Wildman–Crippen LogP) is 4.10. The molecule has 3 rings (SSSR count). The van der Waals surface area contributed by atoms with E-state index in [0.29, 0.717) is 0 Å². The van der Waals surface area contributed by atoms with Crippen LogP contribution in [0, 0.1) is 6.92 Å². The SMILES string of the molecule is Cc1cccc2c1nc(Br)n2-c1ccccc1. The molecule has 0 aliphatic carbocycles. The second kappa shape index (κ2) is 4.00. The number of benzene rings is 2. The van der Waals surface area contributed by atoms with Crippen molar-refractivity contribution in [2.24, 2.45) is 0 Å². The number of fused-ring (bicyclic) bond motifs is 1. The van der Waals surface area contributed by atoms with E-state index >= 15 is 0 Å². The van der Waals surface area contributed by atoms with Crippen LogP contribution >= 0.6 is 15.9 Å². The largest absolute Gasteiger partial charge is 0.287 e. The Morgan fingerprint density at radius 1 is 1.00 bits per heavy atom. The number of nitrogens with zero attached hydrogens (tertiary/aromatic N) is 2. The number of rotatable bonds is 1. The molecule has 2 nitrogen and oxygen atoms in total. The fourth-order valence-corrected chi connectivity index (χ4v) is 2.61. The van der Waals surface area contributed by atoms with Gasteiger partial charge in [0.2, 0.25) is 0 Å². The lowest BCUT2D eigenvalue weighted by Crippen LogP contribution is -1.93. The van der Waals surface area contributed by atoms with Gasteiger partial charge in [-0.3, -0.25) is 4.57 Å². The van der Waals surface area contributed by atoms with Gasteiger partial charge >= 0.3 is 0 Å². The Morgan fingerprint density at radius 3 is 2.53 bits per heavy atom. The van der Waals surface area contributed by atoms with Gasteiger partial charge in [-0.1, -0.05) is 30.3 Å². The Bertz CT molecular complexity index is 671. The molecular weight excluding hydrogens is 276 g/mol. The fourth-order valence-electron chi connectivity index (χ4n) is 2.03. The molecule has 0 aliphatic heterocycles. The summed E-state index contributed by atoms with van der Waals surface area (Å²) in [6.07, 6.45) is 0. The zero-order valence-electron chi connectivity index (χ0n) is 9.39. The summed E-state index contributed by atoms with van der Waals surface area (Å²) in [4.78, 5) is 4.57. The van der Waals surface area contributed by atoms with Gasteiger partial charge in [0.25, 0.3) is 0 Å². The van der Waals surface area contributed by atoms with Crippen molar-refractivity contribution < 1.29 is 0 Å². The maximum atomic E-state index is 4.57. The summed E-state index contributed by atoms with van der Waals surface area (Å²) < 4.78 is 2.95. The van der Waals surface area contributed by atoms with Crippen LogP contribution < -0.4 is 0 Å². The van der Waals surface area contributed by atoms with Crippen LogP contribution in [0.2, 0.25) is 0 Å². The molecule has 0 bridgehead atoms. The highest BCUT2D eigenvalue weighted by atomic mass is 79.9. The van der Waals surface area contributed by atoms with E-state index in [0.717, 1.165) is 21.5 Å². The molecule has 0 aliphatic rings. The molecule has 0 atom stereocenters. The van der Waals surface area contributed by atoms with Crippen molar-refractivity contribution in [1.29, 1.82) is 0 Å². The molecule has 0 fully saturated rings. The van der Waals surface area contributed by atoms with Crippen LogP contribution in [0.25, 0.3) is 16.7 Å². The highest BCUT2D eigenvalue weighted by Crippen LogP contribution is 2.26. The summed E-state index contributed by atoms with van der Waals surface area (Å²) in [5, 5.41) is 0. The minimum absolute atomic E-state index is 0.841. The summed E-state index contributed by atoms with van der Waals surface area (Å²) in [6, 6.07) is 16.5. The molecule has 3 heteroatoms. The Hall–Kier alpha value is -1.61. The quantitative estimate of drug-likeness (QED) is 0.659. The van der Waals surface area contributed by atoms with Gasteiger partial charge in [-0.2, -0.15) is 0 Å². The topological polar surface area (TPSA) is 17.8 Å². The zero-order valence-corrected chi connectivity index (χ0v) is 11.0. The minimum atomic E-state index is 0.841. The van der Waals surface area contributed by atoms with E-state index in [1.165, 1.54) is 5.56 Å². The third kappa shape index (κ3) is 1.67. The second-order valence-electron chi connectivity index (χ2n) is 3.99. The van der Waals surface area contributed by atoms with Gasteiger partial charge in [-0.15, -0.1) is 0 Å². The lowest BCUT2D eigenvalue weighted by atomic mass is 10.2. The van der Waals surface area contributed by atoms with Gasteiger partial charge in [-0.05, 0) is 46.6 Å². The van der Waals surface area contributed by atoms with Crippen molar-refractivity contribution in [3.63, 3.8) is 0 Å². The first-order valence-corrected chi connectivity index (χ1v) is 6.25. The van der Waals surface area contributed by atoms with Crippen molar-refractivity contribution in [1.82, 2.24) is 9.55 Å². The Morgan fingerprint density at radius 2 is 1.76 bits per heavy atom. The number of halogens is 1. The first-order chi connectivity index (χ1) is 8.27.